The van der Waals surface area contributed by atoms with Gasteiger partial charge in [0, 0.05) is 36.4 Å². The third-order valence-electron chi connectivity index (χ3n) is 5.90. The lowest BCUT2D eigenvalue weighted by atomic mass is 9.97. The van der Waals surface area contributed by atoms with Crippen molar-refractivity contribution in [1.29, 1.82) is 0 Å². The van der Waals surface area contributed by atoms with Gasteiger partial charge < -0.3 is 0 Å². The summed E-state index contributed by atoms with van der Waals surface area (Å²) in [5.74, 6) is 1.92. The van der Waals surface area contributed by atoms with Crippen molar-refractivity contribution in [3.8, 4) is 0 Å². The van der Waals surface area contributed by atoms with Gasteiger partial charge in [0.05, 0.1) is 16.4 Å². The maximum atomic E-state index is 12.1. The molecule has 5 nitrogen and oxygen atoms in total. The molecule has 0 bridgehead atoms. The Kier molecular flexibility index (Phi) is 4.41. The number of hydrogen-bond acceptors (Lipinski definition) is 5. The summed E-state index contributed by atoms with van der Waals surface area (Å²) in [6.45, 7) is 3.94. The molecule has 3 aliphatic rings. The minimum atomic E-state index is 0.0481. The van der Waals surface area contributed by atoms with Crippen molar-refractivity contribution in [2.24, 2.45) is 5.92 Å². The Morgan fingerprint density at radius 2 is 1.81 bits per heavy atom. The van der Waals surface area contributed by atoms with E-state index in [1.165, 1.54) is 36.4 Å². The van der Waals surface area contributed by atoms with E-state index in [0.717, 1.165) is 50.6 Å². The van der Waals surface area contributed by atoms with Gasteiger partial charge in [0.15, 0.2) is 0 Å². The van der Waals surface area contributed by atoms with E-state index >= 15 is 0 Å². The standard InChI is InChI=1S/C20H26N4OS/c25-19-6-5-18(15-1-2-15)22-24(19)11-14-7-9-23(10-8-14)12-17-13-26-20(21-17)16-3-4-16/h5-6,13-16H,1-4,7-12H2. The first-order valence-electron chi connectivity index (χ1n) is 9.99. The van der Waals surface area contributed by atoms with Crippen LogP contribution in [0.2, 0.25) is 0 Å². The van der Waals surface area contributed by atoms with Gasteiger partial charge in [0.1, 0.15) is 0 Å². The molecule has 0 spiro atoms. The first-order valence-corrected chi connectivity index (χ1v) is 10.9. The lowest BCUT2D eigenvalue weighted by Gasteiger charge is -2.31. The fourth-order valence-corrected chi connectivity index (χ4v) is 4.89. The molecule has 2 aliphatic carbocycles. The second-order valence-corrected chi connectivity index (χ2v) is 9.11. The fourth-order valence-electron chi connectivity index (χ4n) is 3.91. The van der Waals surface area contributed by atoms with Crippen LogP contribution < -0.4 is 5.56 Å². The normalized spacial score (nSPS) is 22.0. The summed E-state index contributed by atoms with van der Waals surface area (Å²) in [4.78, 5) is 19.5. The second-order valence-electron chi connectivity index (χ2n) is 8.22. The molecule has 2 saturated carbocycles. The van der Waals surface area contributed by atoms with Crippen LogP contribution in [0.15, 0.2) is 22.3 Å². The number of aromatic nitrogens is 3. The molecule has 0 amide bonds. The van der Waals surface area contributed by atoms with Crippen molar-refractivity contribution < 1.29 is 0 Å². The summed E-state index contributed by atoms with van der Waals surface area (Å²) in [6, 6.07) is 3.62. The minimum Gasteiger partial charge on any atom is -0.297 e. The Bertz CT molecular complexity index is 828. The zero-order chi connectivity index (χ0) is 17.5. The van der Waals surface area contributed by atoms with E-state index in [9.17, 15) is 4.79 Å². The number of nitrogens with zero attached hydrogens (tertiary/aromatic N) is 4. The predicted octanol–water partition coefficient (Wildman–Crippen LogP) is 3.37. The second kappa shape index (κ2) is 6.89. The minimum absolute atomic E-state index is 0.0481. The van der Waals surface area contributed by atoms with Crippen molar-refractivity contribution in [3.63, 3.8) is 0 Å². The van der Waals surface area contributed by atoms with Gasteiger partial charge in [0.25, 0.3) is 5.56 Å². The van der Waals surface area contributed by atoms with Gasteiger partial charge in [-0.2, -0.15) is 5.10 Å². The zero-order valence-corrected chi connectivity index (χ0v) is 16.0. The van der Waals surface area contributed by atoms with E-state index in [2.05, 4.69) is 15.4 Å². The lowest BCUT2D eigenvalue weighted by Crippen LogP contribution is -2.36. The van der Waals surface area contributed by atoms with Crippen LogP contribution in [0.25, 0.3) is 0 Å². The molecule has 6 heteroatoms. The number of thiazole rings is 1. The molecule has 0 unspecified atom stereocenters. The smallest absolute Gasteiger partial charge is 0.266 e. The quantitative estimate of drug-likeness (QED) is 0.782. The monoisotopic (exact) mass is 370 g/mol. The SMILES string of the molecule is O=c1ccc(C2CC2)nn1CC1CCN(Cc2csc(C3CC3)n2)CC1. The molecule has 0 atom stereocenters. The molecule has 1 saturated heterocycles. The van der Waals surface area contributed by atoms with E-state index in [0.29, 0.717) is 11.8 Å². The molecule has 5 rings (SSSR count). The zero-order valence-electron chi connectivity index (χ0n) is 15.1. The highest BCUT2D eigenvalue weighted by Crippen LogP contribution is 2.41. The summed E-state index contributed by atoms with van der Waals surface area (Å²) in [5.41, 5.74) is 2.40. The van der Waals surface area contributed by atoms with Crippen molar-refractivity contribution in [3.05, 3.63) is 44.3 Å². The van der Waals surface area contributed by atoms with Crippen molar-refractivity contribution >= 4 is 11.3 Å². The van der Waals surface area contributed by atoms with Gasteiger partial charge in [-0.05, 0) is 63.6 Å². The maximum Gasteiger partial charge on any atom is 0.266 e. The highest BCUT2D eigenvalue weighted by atomic mass is 32.1. The average Bonchev–Trinajstić information content (AvgIpc) is 3.57. The van der Waals surface area contributed by atoms with E-state index in [1.54, 1.807) is 10.7 Å². The average molecular weight is 371 g/mol. The molecule has 0 aromatic carbocycles. The van der Waals surface area contributed by atoms with Gasteiger partial charge >= 0.3 is 0 Å². The Labute approximate surface area is 158 Å². The van der Waals surface area contributed by atoms with Crippen molar-refractivity contribution in [2.45, 2.75) is 63.5 Å². The summed E-state index contributed by atoms with van der Waals surface area (Å²) < 4.78 is 1.72. The van der Waals surface area contributed by atoms with Crippen LogP contribution >= 0.6 is 11.3 Å². The van der Waals surface area contributed by atoms with Crippen LogP contribution in [0, 0.1) is 5.92 Å². The summed E-state index contributed by atoms with van der Waals surface area (Å²) >= 11 is 1.84. The molecule has 2 aromatic heterocycles. The predicted molar refractivity (Wildman–Crippen MR) is 103 cm³/mol. The highest BCUT2D eigenvalue weighted by molar-refractivity contribution is 7.09. The van der Waals surface area contributed by atoms with E-state index in [-0.39, 0.29) is 5.56 Å². The highest BCUT2D eigenvalue weighted by Gasteiger charge is 2.28. The third kappa shape index (κ3) is 3.76. The van der Waals surface area contributed by atoms with Gasteiger partial charge in [-0.25, -0.2) is 9.67 Å². The van der Waals surface area contributed by atoms with Gasteiger partial charge in [-0.1, -0.05) is 0 Å². The van der Waals surface area contributed by atoms with E-state index in [4.69, 9.17) is 4.98 Å². The molecule has 3 heterocycles. The molecule has 26 heavy (non-hydrogen) atoms. The molecule has 2 aromatic rings. The Morgan fingerprint density at radius 3 is 2.54 bits per heavy atom. The number of rotatable bonds is 6. The van der Waals surface area contributed by atoms with E-state index in [1.807, 2.05) is 17.4 Å². The molecule has 3 fully saturated rings. The first kappa shape index (κ1) is 16.6. The Hall–Kier alpha value is -1.53. The summed E-state index contributed by atoms with van der Waals surface area (Å²) in [7, 11) is 0. The molecule has 0 radical (unpaired) electrons. The largest absolute Gasteiger partial charge is 0.297 e. The van der Waals surface area contributed by atoms with E-state index < -0.39 is 0 Å². The topological polar surface area (TPSA) is 51.0 Å². The lowest BCUT2D eigenvalue weighted by molar-refractivity contribution is 0.162. The molecule has 0 N–H and O–H groups in total. The number of piperidine rings is 1. The summed E-state index contributed by atoms with van der Waals surface area (Å²) in [5, 5.41) is 8.21. The molecule has 1 aliphatic heterocycles. The summed E-state index contributed by atoms with van der Waals surface area (Å²) in [6.07, 6.45) is 7.38. The molecule has 138 valence electrons. The molecular weight excluding hydrogens is 344 g/mol. The van der Waals surface area contributed by atoms with Crippen LogP contribution in [0.3, 0.4) is 0 Å². The van der Waals surface area contributed by atoms with Gasteiger partial charge in [-0.3, -0.25) is 9.69 Å². The van der Waals surface area contributed by atoms with Gasteiger partial charge in [-0.15, -0.1) is 11.3 Å². The van der Waals surface area contributed by atoms with Crippen LogP contribution in [0.5, 0.6) is 0 Å². The fraction of sp³-hybridized carbons (Fsp3) is 0.650. The van der Waals surface area contributed by atoms with Crippen LogP contribution in [0.1, 0.15) is 66.8 Å². The van der Waals surface area contributed by atoms with Crippen LogP contribution in [-0.2, 0) is 13.1 Å². The Morgan fingerprint density at radius 1 is 1.04 bits per heavy atom. The van der Waals surface area contributed by atoms with Gasteiger partial charge in [0.2, 0.25) is 0 Å². The van der Waals surface area contributed by atoms with Crippen LogP contribution in [-0.4, -0.2) is 32.8 Å². The number of likely N-dealkylation sites (tertiary alicyclic amines) is 1. The maximum absolute atomic E-state index is 12.1. The van der Waals surface area contributed by atoms with Crippen molar-refractivity contribution in [2.75, 3.05) is 13.1 Å². The number of hydrogen-bond donors (Lipinski definition) is 0. The third-order valence-corrected chi connectivity index (χ3v) is 6.96. The van der Waals surface area contributed by atoms with Crippen molar-refractivity contribution in [1.82, 2.24) is 19.7 Å². The molecular formula is C20H26N4OS. The first-order chi connectivity index (χ1) is 12.7. The van der Waals surface area contributed by atoms with Crippen LogP contribution in [0.4, 0.5) is 0 Å². The Balaban J connectivity index is 1.15.